The molecule has 0 atom stereocenters. The largest absolute Gasteiger partial charge is 0.383 e. The lowest BCUT2D eigenvalue weighted by Crippen LogP contribution is -2.27. The third-order valence-corrected chi connectivity index (χ3v) is 3.07. The Hall–Kier alpha value is -0.900. The molecule has 4 heteroatoms. The number of hydrogen-bond acceptors (Lipinski definition) is 4. The Labute approximate surface area is 89.6 Å². The summed E-state index contributed by atoms with van der Waals surface area (Å²) in [6.45, 7) is 6.15. The zero-order chi connectivity index (χ0) is 11.1. The second-order valence-electron chi connectivity index (χ2n) is 5.45. The summed E-state index contributed by atoms with van der Waals surface area (Å²) in [5.41, 5.74) is 0.496. The third kappa shape index (κ3) is 1.78. The Morgan fingerprint density at radius 2 is 1.80 bits per heavy atom. The van der Waals surface area contributed by atoms with Gasteiger partial charge in [0.15, 0.2) is 0 Å². The first-order valence-corrected chi connectivity index (χ1v) is 5.49. The van der Waals surface area contributed by atoms with Gasteiger partial charge in [0.1, 0.15) is 17.0 Å². The fourth-order valence-electron chi connectivity index (χ4n) is 2.18. The first kappa shape index (κ1) is 10.6. The van der Waals surface area contributed by atoms with E-state index in [0.29, 0.717) is 5.69 Å². The molecular formula is C11H18N2O2. The summed E-state index contributed by atoms with van der Waals surface area (Å²) in [6.07, 6.45) is 3.63. The van der Waals surface area contributed by atoms with E-state index < -0.39 is 5.60 Å². The van der Waals surface area contributed by atoms with Gasteiger partial charge in [-0.15, -0.1) is 0 Å². The number of aromatic nitrogens is 2. The molecule has 1 fully saturated rings. The fraction of sp³-hybridized carbons (Fsp3) is 0.818. The molecule has 1 saturated carbocycles. The molecule has 0 spiro atoms. The molecule has 2 rings (SSSR count). The molecule has 1 aromatic rings. The van der Waals surface area contributed by atoms with E-state index in [4.69, 9.17) is 4.63 Å². The van der Waals surface area contributed by atoms with Crippen molar-refractivity contribution in [2.24, 2.45) is 0 Å². The molecule has 0 radical (unpaired) electrons. The SMILES string of the molecule is CC(C)(C)c1nonc1C1(O)CCCC1. The van der Waals surface area contributed by atoms with Gasteiger partial charge in [0, 0.05) is 5.41 Å². The summed E-state index contributed by atoms with van der Waals surface area (Å²) in [5.74, 6) is 0. The lowest BCUT2D eigenvalue weighted by molar-refractivity contribution is 0.0350. The van der Waals surface area contributed by atoms with E-state index in [0.717, 1.165) is 31.4 Å². The average Bonchev–Trinajstić information content (AvgIpc) is 2.69. The van der Waals surface area contributed by atoms with E-state index in [2.05, 4.69) is 10.3 Å². The highest BCUT2D eigenvalue weighted by Gasteiger charge is 2.41. The van der Waals surface area contributed by atoms with Gasteiger partial charge in [0.25, 0.3) is 0 Å². The molecule has 4 nitrogen and oxygen atoms in total. The van der Waals surface area contributed by atoms with Crippen LogP contribution in [0, 0.1) is 0 Å². The molecule has 1 aliphatic rings. The molecule has 0 saturated heterocycles. The smallest absolute Gasteiger partial charge is 0.140 e. The van der Waals surface area contributed by atoms with Crippen molar-refractivity contribution in [3.8, 4) is 0 Å². The van der Waals surface area contributed by atoms with Crippen molar-refractivity contribution < 1.29 is 9.74 Å². The van der Waals surface area contributed by atoms with Crippen molar-refractivity contribution in [3.05, 3.63) is 11.4 Å². The lowest BCUT2D eigenvalue weighted by Gasteiger charge is -2.23. The first-order chi connectivity index (χ1) is 6.93. The van der Waals surface area contributed by atoms with E-state index in [1.807, 2.05) is 20.8 Å². The van der Waals surface area contributed by atoms with Crippen molar-refractivity contribution in [2.45, 2.75) is 57.5 Å². The van der Waals surface area contributed by atoms with Crippen molar-refractivity contribution in [3.63, 3.8) is 0 Å². The van der Waals surface area contributed by atoms with Gasteiger partial charge in [-0.05, 0) is 12.8 Å². The summed E-state index contributed by atoms with van der Waals surface area (Å²) >= 11 is 0. The van der Waals surface area contributed by atoms with Crippen molar-refractivity contribution in [2.75, 3.05) is 0 Å². The maximum absolute atomic E-state index is 10.4. The van der Waals surface area contributed by atoms with Crippen molar-refractivity contribution >= 4 is 0 Å². The Morgan fingerprint density at radius 3 is 2.33 bits per heavy atom. The molecule has 0 aliphatic heterocycles. The summed E-state index contributed by atoms with van der Waals surface area (Å²) < 4.78 is 4.79. The molecule has 1 aromatic heterocycles. The number of rotatable bonds is 1. The highest BCUT2D eigenvalue weighted by molar-refractivity contribution is 5.24. The minimum Gasteiger partial charge on any atom is -0.383 e. The van der Waals surface area contributed by atoms with Gasteiger partial charge in [-0.25, -0.2) is 4.63 Å². The van der Waals surface area contributed by atoms with Gasteiger partial charge in [0.2, 0.25) is 0 Å². The fourth-order valence-corrected chi connectivity index (χ4v) is 2.18. The molecule has 15 heavy (non-hydrogen) atoms. The maximum Gasteiger partial charge on any atom is 0.140 e. The minimum atomic E-state index is -0.803. The van der Waals surface area contributed by atoms with Gasteiger partial charge >= 0.3 is 0 Å². The van der Waals surface area contributed by atoms with Crippen LogP contribution in [-0.2, 0) is 11.0 Å². The highest BCUT2D eigenvalue weighted by atomic mass is 16.6. The zero-order valence-corrected chi connectivity index (χ0v) is 9.58. The van der Waals surface area contributed by atoms with E-state index in [1.165, 1.54) is 0 Å². The van der Waals surface area contributed by atoms with Gasteiger partial charge < -0.3 is 5.11 Å². The summed E-state index contributed by atoms with van der Waals surface area (Å²) in [4.78, 5) is 0. The van der Waals surface area contributed by atoms with Crippen LogP contribution in [0.5, 0.6) is 0 Å². The predicted molar refractivity (Wildman–Crippen MR) is 55.4 cm³/mol. The summed E-state index contributed by atoms with van der Waals surface area (Å²) in [5, 5.41) is 18.3. The Morgan fingerprint density at radius 1 is 1.20 bits per heavy atom. The second kappa shape index (κ2) is 3.30. The van der Waals surface area contributed by atoms with Gasteiger partial charge in [-0.2, -0.15) is 0 Å². The molecular weight excluding hydrogens is 192 g/mol. The molecule has 0 aromatic carbocycles. The minimum absolute atomic E-state index is 0.131. The van der Waals surface area contributed by atoms with E-state index in [1.54, 1.807) is 0 Å². The van der Waals surface area contributed by atoms with Gasteiger partial charge in [-0.3, -0.25) is 0 Å². The van der Waals surface area contributed by atoms with Crippen LogP contribution in [0.15, 0.2) is 4.63 Å². The summed E-state index contributed by atoms with van der Waals surface area (Å²) in [6, 6.07) is 0. The maximum atomic E-state index is 10.4. The zero-order valence-electron chi connectivity index (χ0n) is 9.58. The van der Waals surface area contributed by atoms with Crippen LogP contribution in [0.1, 0.15) is 57.8 Å². The Balaban J connectivity index is 2.40. The van der Waals surface area contributed by atoms with Gasteiger partial charge in [-0.1, -0.05) is 43.9 Å². The second-order valence-corrected chi connectivity index (χ2v) is 5.45. The molecule has 84 valence electrons. The Kier molecular flexibility index (Phi) is 2.34. The van der Waals surface area contributed by atoms with Crippen LogP contribution in [0.25, 0.3) is 0 Å². The average molecular weight is 210 g/mol. The normalized spacial score (nSPS) is 20.8. The van der Waals surface area contributed by atoms with E-state index in [9.17, 15) is 5.11 Å². The highest BCUT2D eigenvalue weighted by Crippen LogP contribution is 2.41. The van der Waals surface area contributed by atoms with Crippen molar-refractivity contribution in [1.82, 2.24) is 10.3 Å². The van der Waals surface area contributed by atoms with Crippen LogP contribution >= 0.6 is 0 Å². The lowest BCUT2D eigenvalue weighted by atomic mass is 9.85. The van der Waals surface area contributed by atoms with Crippen LogP contribution in [-0.4, -0.2) is 15.4 Å². The van der Waals surface area contributed by atoms with Crippen LogP contribution < -0.4 is 0 Å². The molecule has 0 bridgehead atoms. The van der Waals surface area contributed by atoms with Crippen LogP contribution in [0.2, 0.25) is 0 Å². The number of hydrogen-bond donors (Lipinski definition) is 1. The topological polar surface area (TPSA) is 59.2 Å². The van der Waals surface area contributed by atoms with Crippen molar-refractivity contribution in [1.29, 1.82) is 0 Å². The Bertz CT molecular complexity index is 346. The molecule has 1 heterocycles. The monoisotopic (exact) mass is 210 g/mol. The molecule has 0 amide bonds. The molecule has 1 N–H and O–H groups in total. The first-order valence-electron chi connectivity index (χ1n) is 5.49. The molecule has 1 aliphatic carbocycles. The van der Waals surface area contributed by atoms with E-state index in [-0.39, 0.29) is 5.41 Å². The van der Waals surface area contributed by atoms with Crippen LogP contribution in [0.4, 0.5) is 0 Å². The quantitative estimate of drug-likeness (QED) is 0.771. The standard InChI is InChI=1S/C11H18N2O2/c1-10(2,3)8-9(13-15-12-8)11(14)6-4-5-7-11/h14H,4-7H2,1-3H3. The molecule has 0 unspecified atom stereocenters. The van der Waals surface area contributed by atoms with E-state index >= 15 is 0 Å². The third-order valence-electron chi connectivity index (χ3n) is 3.07. The number of aliphatic hydroxyl groups is 1. The van der Waals surface area contributed by atoms with Crippen LogP contribution in [0.3, 0.4) is 0 Å². The predicted octanol–water partition coefficient (Wildman–Crippen LogP) is 2.13. The van der Waals surface area contributed by atoms with Gasteiger partial charge in [0.05, 0.1) is 0 Å². The number of nitrogens with zero attached hydrogens (tertiary/aromatic N) is 2. The summed E-state index contributed by atoms with van der Waals surface area (Å²) in [7, 11) is 0.